The van der Waals surface area contributed by atoms with Gasteiger partial charge in [0.1, 0.15) is 0 Å². The van der Waals surface area contributed by atoms with Gasteiger partial charge in [-0.3, -0.25) is 0 Å². The number of thiophene rings is 1. The van der Waals surface area contributed by atoms with Crippen LogP contribution in [0.3, 0.4) is 0 Å². The summed E-state index contributed by atoms with van der Waals surface area (Å²) < 4.78 is 25.0. The summed E-state index contributed by atoms with van der Waals surface area (Å²) in [5.41, 5.74) is 0.490. The molecule has 1 nitrogen and oxygen atoms in total. The lowest BCUT2D eigenvalue weighted by Gasteiger charge is -2.11. The predicted molar refractivity (Wildman–Crippen MR) is 64.4 cm³/mol. The molecule has 1 atom stereocenters. The van der Waals surface area contributed by atoms with E-state index in [9.17, 15) is 13.9 Å². The quantitative estimate of drug-likeness (QED) is 0.875. The molecule has 0 saturated heterocycles. The summed E-state index contributed by atoms with van der Waals surface area (Å²) in [6.45, 7) is 0. The fraction of sp³-hybridized carbons (Fsp3) is 0.231. The zero-order chi connectivity index (χ0) is 12.3. The van der Waals surface area contributed by atoms with Crippen molar-refractivity contribution < 1.29 is 13.9 Å². The van der Waals surface area contributed by atoms with E-state index in [-0.39, 0.29) is 5.56 Å². The van der Waals surface area contributed by atoms with Crippen LogP contribution in [0.2, 0.25) is 0 Å². The minimum Gasteiger partial charge on any atom is -0.388 e. The summed E-state index contributed by atoms with van der Waals surface area (Å²) in [7, 11) is 0. The lowest BCUT2D eigenvalue weighted by molar-refractivity contribution is 0.150. The molecule has 0 radical (unpaired) electrons. The number of halogens is 2. The van der Waals surface area contributed by atoms with Gasteiger partial charge >= 0.3 is 0 Å². The van der Waals surface area contributed by atoms with Crippen molar-refractivity contribution in [2.75, 3.05) is 0 Å². The van der Waals surface area contributed by atoms with Crippen molar-refractivity contribution in [1.82, 2.24) is 0 Å². The Hall–Kier alpha value is -1.26. The van der Waals surface area contributed by atoms with E-state index in [1.807, 2.05) is 17.5 Å². The van der Waals surface area contributed by atoms with Gasteiger partial charge in [-0.2, -0.15) is 0 Å². The maximum Gasteiger partial charge on any atom is 0.263 e. The van der Waals surface area contributed by atoms with Gasteiger partial charge in [0.25, 0.3) is 6.43 Å². The molecule has 17 heavy (non-hydrogen) atoms. The topological polar surface area (TPSA) is 20.2 Å². The smallest absolute Gasteiger partial charge is 0.263 e. The number of alkyl halides is 2. The van der Waals surface area contributed by atoms with Crippen LogP contribution < -0.4 is 0 Å². The van der Waals surface area contributed by atoms with Gasteiger partial charge in [0.05, 0.1) is 6.10 Å². The minimum absolute atomic E-state index is 0.0484. The maximum absolute atomic E-state index is 12.5. The Morgan fingerprint density at radius 3 is 2.53 bits per heavy atom. The molecular formula is C13H12F2OS. The van der Waals surface area contributed by atoms with Crippen LogP contribution in [0.1, 0.15) is 28.5 Å². The Morgan fingerprint density at radius 2 is 1.88 bits per heavy atom. The second-order valence-electron chi connectivity index (χ2n) is 3.77. The first-order valence-corrected chi connectivity index (χ1v) is 6.13. The third kappa shape index (κ3) is 3.11. The first-order valence-electron chi connectivity index (χ1n) is 5.25. The molecule has 0 fully saturated rings. The van der Waals surface area contributed by atoms with Crippen LogP contribution in [0.5, 0.6) is 0 Å². The molecule has 0 aliphatic carbocycles. The van der Waals surface area contributed by atoms with E-state index in [4.69, 9.17) is 0 Å². The highest BCUT2D eigenvalue weighted by Crippen LogP contribution is 2.25. The summed E-state index contributed by atoms with van der Waals surface area (Å²) in [4.78, 5) is 1.04. The standard InChI is InChI=1S/C13H12F2OS/c14-13(15)10-4-1-3-9(7-10)12(16)8-11-5-2-6-17-11/h1-7,12-13,16H,8H2. The fourth-order valence-electron chi connectivity index (χ4n) is 1.64. The Labute approximate surface area is 102 Å². The second kappa shape index (κ2) is 5.38. The van der Waals surface area contributed by atoms with E-state index < -0.39 is 12.5 Å². The van der Waals surface area contributed by atoms with Crippen LogP contribution in [0.4, 0.5) is 8.78 Å². The zero-order valence-corrected chi connectivity index (χ0v) is 9.83. The van der Waals surface area contributed by atoms with Crippen LogP contribution in [-0.4, -0.2) is 5.11 Å². The predicted octanol–water partition coefficient (Wildman–Crippen LogP) is 3.96. The summed E-state index contributed by atoms with van der Waals surface area (Å²) in [6.07, 6.45) is -2.76. The summed E-state index contributed by atoms with van der Waals surface area (Å²) in [5.74, 6) is 0. The van der Waals surface area contributed by atoms with Crippen molar-refractivity contribution in [2.45, 2.75) is 19.0 Å². The number of aliphatic hydroxyl groups is 1. The number of benzene rings is 1. The zero-order valence-electron chi connectivity index (χ0n) is 9.01. The number of rotatable bonds is 4. The molecule has 1 N–H and O–H groups in total. The Bertz CT molecular complexity index is 468. The third-order valence-electron chi connectivity index (χ3n) is 2.52. The number of hydrogen-bond donors (Lipinski definition) is 1. The molecule has 0 amide bonds. The summed E-state index contributed by atoms with van der Waals surface area (Å²) in [6, 6.07) is 9.78. The molecule has 1 unspecified atom stereocenters. The van der Waals surface area contributed by atoms with Crippen LogP contribution in [-0.2, 0) is 6.42 Å². The van der Waals surface area contributed by atoms with E-state index in [2.05, 4.69) is 0 Å². The molecular weight excluding hydrogens is 242 g/mol. The van der Waals surface area contributed by atoms with Gasteiger partial charge in [0, 0.05) is 16.9 Å². The highest BCUT2D eigenvalue weighted by atomic mass is 32.1. The van der Waals surface area contributed by atoms with Crippen molar-refractivity contribution in [3.05, 3.63) is 57.8 Å². The first-order chi connectivity index (χ1) is 8.16. The molecule has 2 aromatic rings. The fourth-order valence-corrected chi connectivity index (χ4v) is 2.38. The van der Waals surface area contributed by atoms with E-state index in [1.54, 1.807) is 23.5 Å². The molecule has 1 aromatic carbocycles. The third-order valence-corrected chi connectivity index (χ3v) is 3.42. The van der Waals surface area contributed by atoms with Gasteiger partial charge in [-0.15, -0.1) is 11.3 Å². The lowest BCUT2D eigenvalue weighted by Crippen LogP contribution is -2.01. The SMILES string of the molecule is OC(Cc1cccs1)c1cccc(C(F)F)c1. The average Bonchev–Trinajstić information content (AvgIpc) is 2.82. The molecule has 0 aliphatic heterocycles. The molecule has 1 heterocycles. The molecule has 4 heteroatoms. The van der Waals surface area contributed by atoms with E-state index in [0.29, 0.717) is 12.0 Å². The molecule has 0 aliphatic rings. The minimum atomic E-state index is -2.50. The average molecular weight is 254 g/mol. The molecule has 2 rings (SSSR count). The van der Waals surface area contributed by atoms with Gasteiger partial charge in [0.15, 0.2) is 0 Å². The monoisotopic (exact) mass is 254 g/mol. The van der Waals surface area contributed by atoms with Gasteiger partial charge in [-0.1, -0.05) is 24.3 Å². The Kier molecular flexibility index (Phi) is 3.86. The highest BCUT2D eigenvalue weighted by Gasteiger charge is 2.12. The molecule has 90 valence electrons. The molecule has 1 aromatic heterocycles. The normalized spacial score (nSPS) is 12.9. The maximum atomic E-state index is 12.5. The van der Waals surface area contributed by atoms with E-state index >= 15 is 0 Å². The largest absolute Gasteiger partial charge is 0.388 e. The Morgan fingerprint density at radius 1 is 1.12 bits per heavy atom. The van der Waals surface area contributed by atoms with Crippen molar-refractivity contribution in [1.29, 1.82) is 0 Å². The van der Waals surface area contributed by atoms with Crippen LogP contribution in [0.25, 0.3) is 0 Å². The highest BCUT2D eigenvalue weighted by molar-refractivity contribution is 7.09. The first kappa shape index (κ1) is 12.2. The van der Waals surface area contributed by atoms with Gasteiger partial charge < -0.3 is 5.11 Å². The molecule has 0 spiro atoms. The lowest BCUT2D eigenvalue weighted by atomic mass is 10.0. The summed E-state index contributed by atoms with van der Waals surface area (Å²) in [5, 5.41) is 11.9. The van der Waals surface area contributed by atoms with Crippen LogP contribution in [0, 0.1) is 0 Å². The van der Waals surface area contributed by atoms with Crippen molar-refractivity contribution in [3.8, 4) is 0 Å². The molecule has 0 bridgehead atoms. The summed E-state index contributed by atoms with van der Waals surface area (Å²) >= 11 is 1.55. The van der Waals surface area contributed by atoms with Crippen molar-refractivity contribution in [2.24, 2.45) is 0 Å². The van der Waals surface area contributed by atoms with Gasteiger partial charge in [0.2, 0.25) is 0 Å². The number of hydrogen-bond acceptors (Lipinski definition) is 2. The molecule has 0 saturated carbocycles. The van der Waals surface area contributed by atoms with E-state index in [1.165, 1.54) is 12.1 Å². The van der Waals surface area contributed by atoms with Crippen molar-refractivity contribution >= 4 is 11.3 Å². The number of aliphatic hydroxyl groups excluding tert-OH is 1. The van der Waals surface area contributed by atoms with Crippen LogP contribution in [0.15, 0.2) is 41.8 Å². The van der Waals surface area contributed by atoms with Gasteiger partial charge in [-0.25, -0.2) is 8.78 Å². The van der Waals surface area contributed by atoms with Crippen molar-refractivity contribution in [3.63, 3.8) is 0 Å². The van der Waals surface area contributed by atoms with Crippen LogP contribution >= 0.6 is 11.3 Å². The Balaban J connectivity index is 2.13. The van der Waals surface area contributed by atoms with Gasteiger partial charge in [-0.05, 0) is 23.1 Å². The second-order valence-corrected chi connectivity index (χ2v) is 4.80. The van der Waals surface area contributed by atoms with E-state index in [0.717, 1.165) is 4.88 Å².